The summed E-state index contributed by atoms with van der Waals surface area (Å²) in [5, 5.41) is 21.2. The zero-order chi connectivity index (χ0) is 31.1. The molecule has 44 heavy (non-hydrogen) atoms. The van der Waals surface area contributed by atoms with E-state index in [0.29, 0.717) is 43.7 Å². The zero-order valence-electron chi connectivity index (χ0n) is 23.6. The van der Waals surface area contributed by atoms with Crippen LogP contribution < -0.4 is 14.8 Å². The van der Waals surface area contributed by atoms with Gasteiger partial charge in [-0.25, -0.2) is 9.02 Å². The monoisotopic (exact) mass is 639 g/mol. The van der Waals surface area contributed by atoms with Crippen molar-refractivity contribution in [1.82, 2.24) is 15.6 Å². The molecule has 0 bridgehead atoms. The lowest BCUT2D eigenvalue weighted by molar-refractivity contribution is -0.146. The van der Waals surface area contributed by atoms with E-state index in [1.54, 1.807) is 43.3 Å². The van der Waals surface area contributed by atoms with E-state index in [4.69, 9.17) is 42.0 Å². The minimum Gasteiger partial charge on any atom is -0.488 e. The third-order valence-corrected chi connectivity index (χ3v) is 7.48. The predicted octanol–water partition coefficient (Wildman–Crippen LogP) is 6.51. The Labute approximate surface area is 262 Å². The molecule has 12 heteroatoms. The van der Waals surface area contributed by atoms with Gasteiger partial charge in [0.15, 0.2) is 0 Å². The summed E-state index contributed by atoms with van der Waals surface area (Å²) < 4.78 is 35.5. The van der Waals surface area contributed by atoms with Gasteiger partial charge in [0.1, 0.15) is 47.6 Å². The molecule has 5 aromatic rings. The first-order valence-electron chi connectivity index (χ1n) is 13.7. The molecule has 0 aliphatic carbocycles. The van der Waals surface area contributed by atoms with Gasteiger partial charge in [-0.1, -0.05) is 59.6 Å². The van der Waals surface area contributed by atoms with Crippen LogP contribution >= 0.6 is 23.2 Å². The number of carbonyl (C=O) groups excluding carboxylic acids is 1. The first-order valence-corrected chi connectivity index (χ1v) is 14.4. The van der Waals surface area contributed by atoms with E-state index in [1.165, 1.54) is 12.1 Å². The predicted molar refractivity (Wildman–Crippen MR) is 163 cm³/mol. The number of hydrogen-bond acceptors (Lipinski definition) is 9. The Balaban J connectivity index is 1.38. The molecule has 228 valence electrons. The summed E-state index contributed by atoms with van der Waals surface area (Å²) in [6, 6.07) is 19.4. The summed E-state index contributed by atoms with van der Waals surface area (Å²) in [7, 11) is 0. The van der Waals surface area contributed by atoms with Gasteiger partial charge in [-0.15, -0.1) is 0 Å². The van der Waals surface area contributed by atoms with Crippen molar-refractivity contribution in [3.8, 4) is 22.6 Å². The Morgan fingerprint density at radius 3 is 2.50 bits per heavy atom. The van der Waals surface area contributed by atoms with Crippen LogP contribution in [0.5, 0.6) is 11.5 Å². The SMILES string of the molecule is CCOC(=O)[C@@H](CO)NCc1cc(Cl)c(OCc2cccc(-c3ccc(F)cc3)c2Cl)cc1OCc1ccc2nonc2c1. The number of halogens is 3. The molecule has 9 nitrogen and oxygen atoms in total. The summed E-state index contributed by atoms with van der Waals surface area (Å²) in [5.74, 6) is -0.132. The molecule has 0 saturated carbocycles. The van der Waals surface area contributed by atoms with Crippen LogP contribution in [-0.4, -0.2) is 40.6 Å². The fraction of sp³-hybridized carbons (Fsp3) is 0.219. The Hall–Kier alpha value is -4.22. The van der Waals surface area contributed by atoms with E-state index in [1.807, 2.05) is 24.3 Å². The Bertz CT molecular complexity index is 1750. The van der Waals surface area contributed by atoms with E-state index >= 15 is 0 Å². The van der Waals surface area contributed by atoms with Gasteiger partial charge in [0.2, 0.25) is 0 Å². The van der Waals surface area contributed by atoms with Gasteiger partial charge >= 0.3 is 5.97 Å². The van der Waals surface area contributed by atoms with Gasteiger partial charge in [0, 0.05) is 29.3 Å². The summed E-state index contributed by atoms with van der Waals surface area (Å²) in [4.78, 5) is 12.2. The highest BCUT2D eigenvalue weighted by Gasteiger charge is 2.20. The van der Waals surface area contributed by atoms with E-state index in [0.717, 1.165) is 16.7 Å². The van der Waals surface area contributed by atoms with Crippen LogP contribution in [0.2, 0.25) is 10.0 Å². The molecule has 0 fully saturated rings. The lowest BCUT2D eigenvalue weighted by Crippen LogP contribution is -2.40. The highest BCUT2D eigenvalue weighted by molar-refractivity contribution is 6.34. The van der Waals surface area contributed by atoms with Crippen molar-refractivity contribution in [3.63, 3.8) is 0 Å². The fourth-order valence-electron chi connectivity index (χ4n) is 4.44. The van der Waals surface area contributed by atoms with Crippen molar-refractivity contribution in [2.45, 2.75) is 32.7 Å². The number of hydrogen-bond donors (Lipinski definition) is 2. The van der Waals surface area contributed by atoms with Gasteiger partial charge in [-0.2, -0.15) is 0 Å². The molecule has 0 aliphatic rings. The van der Waals surface area contributed by atoms with Gasteiger partial charge in [-0.05, 0) is 58.7 Å². The number of nitrogens with one attached hydrogen (secondary N) is 1. The van der Waals surface area contributed by atoms with Crippen LogP contribution in [0.25, 0.3) is 22.2 Å². The quantitative estimate of drug-likeness (QED) is 0.139. The van der Waals surface area contributed by atoms with Crippen molar-refractivity contribution in [3.05, 3.63) is 105 Å². The van der Waals surface area contributed by atoms with Crippen LogP contribution in [0.15, 0.2) is 77.4 Å². The first-order chi connectivity index (χ1) is 21.4. The minimum atomic E-state index is -0.935. The molecule has 4 aromatic carbocycles. The maximum Gasteiger partial charge on any atom is 0.325 e. The number of esters is 1. The standard InChI is InChI=1S/C32H28Cl2FN3O6/c1-2-41-32(40)28(16-39)36-15-22-13-25(33)30(14-29(22)42-17-19-6-11-26-27(12-19)38-44-37-26)43-18-21-4-3-5-24(31(21)34)20-7-9-23(35)10-8-20/h3-14,28,36,39H,2,15-18H2,1H3/t28-/m1/s1. The van der Waals surface area contributed by atoms with E-state index in [9.17, 15) is 14.3 Å². The molecular weight excluding hydrogens is 612 g/mol. The third-order valence-electron chi connectivity index (χ3n) is 6.74. The fourth-order valence-corrected chi connectivity index (χ4v) is 4.97. The summed E-state index contributed by atoms with van der Waals surface area (Å²) in [5.41, 5.74) is 4.85. The number of nitrogens with zero attached hydrogens (tertiary/aromatic N) is 2. The topological polar surface area (TPSA) is 116 Å². The van der Waals surface area contributed by atoms with Gasteiger partial charge in [-0.3, -0.25) is 10.1 Å². The highest BCUT2D eigenvalue weighted by Crippen LogP contribution is 2.36. The molecule has 0 unspecified atom stereocenters. The number of ether oxygens (including phenoxy) is 3. The molecule has 0 amide bonds. The molecule has 0 radical (unpaired) electrons. The number of aromatic nitrogens is 2. The van der Waals surface area contributed by atoms with Gasteiger partial charge in [0.25, 0.3) is 0 Å². The van der Waals surface area contributed by atoms with Crippen molar-refractivity contribution < 1.29 is 33.1 Å². The Morgan fingerprint density at radius 1 is 0.955 bits per heavy atom. The molecular formula is C32H28Cl2FN3O6. The van der Waals surface area contributed by atoms with Crippen LogP contribution in [0.3, 0.4) is 0 Å². The van der Waals surface area contributed by atoms with Crippen LogP contribution in [0.1, 0.15) is 23.6 Å². The minimum absolute atomic E-state index is 0.0932. The number of fused-ring (bicyclic) bond motifs is 1. The van der Waals surface area contributed by atoms with E-state index < -0.39 is 18.6 Å². The van der Waals surface area contributed by atoms with Crippen LogP contribution in [0.4, 0.5) is 4.39 Å². The lowest BCUT2D eigenvalue weighted by Gasteiger charge is -2.19. The van der Waals surface area contributed by atoms with Crippen LogP contribution in [0, 0.1) is 5.82 Å². The lowest BCUT2D eigenvalue weighted by atomic mass is 10.0. The molecule has 0 spiro atoms. The smallest absolute Gasteiger partial charge is 0.325 e. The second-order valence-corrected chi connectivity index (χ2v) is 10.5. The average molecular weight is 640 g/mol. The van der Waals surface area contributed by atoms with Crippen LogP contribution in [-0.2, 0) is 29.3 Å². The molecule has 2 N–H and O–H groups in total. The summed E-state index contributed by atoms with van der Waals surface area (Å²) in [6.45, 7) is 1.82. The number of carbonyl (C=O) groups is 1. The Morgan fingerprint density at radius 2 is 1.73 bits per heavy atom. The molecule has 0 saturated heterocycles. The molecule has 5 rings (SSSR count). The largest absolute Gasteiger partial charge is 0.488 e. The van der Waals surface area contributed by atoms with Crippen molar-refractivity contribution in [1.29, 1.82) is 0 Å². The first kappa shape index (κ1) is 31.2. The average Bonchev–Trinajstić information content (AvgIpc) is 3.50. The number of aliphatic hydroxyl groups excluding tert-OH is 1. The number of aliphatic hydroxyl groups is 1. The zero-order valence-corrected chi connectivity index (χ0v) is 25.1. The second-order valence-electron chi connectivity index (χ2n) is 9.71. The highest BCUT2D eigenvalue weighted by atomic mass is 35.5. The number of rotatable bonds is 13. The maximum absolute atomic E-state index is 13.4. The van der Waals surface area contributed by atoms with E-state index in [2.05, 4.69) is 15.6 Å². The molecule has 0 aliphatic heterocycles. The molecule has 1 aromatic heterocycles. The third kappa shape index (κ3) is 7.46. The molecule has 1 atom stereocenters. The maximum atomic E-state index is 13.4. The van der Waals surface area contributed by atoms with E-state index in [-0.39, 0.29) is 32.2 Å². The van der Waals surface area contributed by atoms with Crippen molar-refractivity contribution in [2.24, 2.45) is 0 Å². The van der Waals surface area contributed by atoms with Crippen molar-refractivity contribution in [2.75, 3.05) is 13.2 Å². The number of benzene rings is 4. The van der Waals surface area contributed by atoms with Gasteiger partial charge < -0.3 is 19.3 Å². The normalized spacial score (nSPS) is 11.8. The van der Waals surface area contributed by atoms with Crippen molar-refractivity contribution >= 4 is 40.2 Å². The summed E-state index contributed by atoms with van der Waals surface area (Å²) >= 11 is 13.4. The van der Waals surface area contributed by atoms with Gasteiger partial charge in [0.05, 0.1) is 23.3 Å². The second kappa shape index (κ2) is 14.5. The Kier molecular flexibility index (Phi) is 10.3. The molecule has 1 heterocycles. The summed E-state index contributed by atoms with van der Waals surface area (Å²) in [6.07, 6.45) is 0.